The van der Waals surface area contributed by atoms with Gasteiger partial charge in [0.1, 0.15) is 0 Å². The highest BCUT2D eigenvalue weighted by atomic mass is 35.5. The number of carbonyl (C=O) groups excluding carboxylic acids is 1. The van der Waals surface area contributed by atoms with Crippen LogP contribution in [-0.2, 0) is 11.2 Å². The molecule has 1 aromatic rings. The van der Waals surface area contributed by atoms with E-state index in [1.807, 2.05) is 6.92 Å². The highest BCUT2D eigenvalue weighted by Gasteiger charge is 2.15. The Kier molecular flexibility index (Phi) is 7.91. The van der Waals surface area contributed by atoms with Crippen molar-refractivity contribution in [2.75, 3.05) is 5.32 Å². The van der Waals surface area contributed by atoms with E-state index in [9.17, 15) is 9.90 Å². The molecule has 118 valence electrons. The van der Waals surface area contributed by atoms with E-state index < -0.39 is 0 Å². The molecule has 0 unspecified atom stereocenters. The predicted molar refractivity (Wildman–Crippen MR) is 89.5 cm³/mol. The van der Waals surface area contributed by atoms with Crippen LogP contribution in [0.25, 0.3) is 0 Å². The van der Waals surface area contributed by atoms with Gasteiger partial charge in [-0.15, -0.1) is 0 Å². The Balaban J connectivity index is 2.60. The van der Waals surface area contributed by atoms with Crippen molar-refractivity contribution in [3.05, 3.63) is 21.7 Å². The third-order valence-corrected chi connectivity index (χ3v) is 4.17. The molecule has 0 spiro atoms. The van der Waals surface area contributed by atoms with Gasteiger partial charge in [0.25, 0.3) is 0 Å². The van der Waals surface area contributed by atoms with Crippen LogP contribution in [0.15, 0.2) is 6.07 Å². The molecular weight excluding hydrogens is 309 g/mol. The van der Waals surface area contributed by atoms with Crippen LogP contribution >= 0.6 is 23.2 Å². The van der Waals surface area contributed by atoms with Crippen molar-refractivity contribution in [3.63, 3.8) is 0 Å². The maximum absolute atomic E-state index is 11.9. The van der Waals surface area contributed by atoms with Gasteiger partial charge < -0.3 is 10.4 Å². The van der Waals surface area contributed by atoms with Gasteiger partial charge in [-0.05, 0) is 24.5 Å². The summed E-state index contributed by atoms with van der Waals surface area (Å²) < 4.78 is 0. The molecule has 0 aliphatic carbocycles. The van der Waals surface area contributed by atoms with Crippen molar-refractivity contribution >= 4 is 34.8 Å². The number of unbranched alkanes of at least 4 members (excludes halogenated alkanes) is 4. The van der Waals surface area contributed by atoms with Gasteiger partial charge in [0, 0.05) is 11.4 Å². The maximum Gasteiger partial charge on any atom is 0.224 e. The molecule has 0 aliphatic rings. The Morgan fingerprint density at radius 3 is 2.48 bits per heavy atom. The number of carbonyl (C=O) groups is 1. The standard InChI is InChI=1S/C16H23Cl2NO2/c1-3-5-6-7-8-9-14(20)19-13-10-12(17)11(4-2)15(18)16(13)21/h10,21H,3-9H2,1-2H3,(H,19,20). The molecule has 0 heterocycles. The number of phenolic OH excluding ortho intramolecular Hbond substituents is 1. The number of phenols is 1. The molecule has 0 fully saturated rings. The normalized spacial score (nSPS) is 10.7. The fraction of sp³-hybridized carbons (Fsp3) is 0.562. The Morgan fingerprint density at radius 1 is 1.19 bits per heavy atom. The molecule has 0 radical (unpaired) electrons. The third kappa shape index (κ3) is 5.40. The van der Waals surface area contributed by atoms with Crippen LogP contribution in [0.1, 0.15) is 57.9 Å². The minimum atomic E-state index is -0.127. The highest BCUT2D eigenvalue weighted by Crippen LogP contribution is 2.39. The van der Waals surface area contributed by atoms with Crippen LogP contribution in [0.2, 0.25) is 10.0 Å². The minimum absolute atomic E-state index is 0.114. The van der Waals surface area contributed by atoms with Crippen LogP contribution in [0.4, 0.5) is 5.69 Å². The number of hydrogen-bond acceptors (Lipinski definition) is 2. The lowest BCUT2D eigenvalue weighted by atomic mass is 10.1. The van der Waals surface area contributed by atoms with E-state index in [4.69, 9.17) is 23.2 Å². The number of halogens is 2. The molecule has 2 N–H and O–H groups in total. The molecule has 0 aromatic heterocycles. The Labute approximate surface area is 136 Å². The Hall–Kier alpha value is -0.930. The van der Waals surface area contributed by atoms with E-state index in [0.29, 0.717) is 23.4 Å². The topological polar surface area (TPSA) is 49.3 Å². The maximum atomic E-state index is 11.9. The largest absolute Gasteiger partial charge is 0.504 e. The van der Waals surface area contributed by atoms with Crippen molar-refractivity contribution in [1.29, 1.82) is 0 Å². The van der Waals surface area contributed by atoms with Gasteiger partial charge in [-0.2, -0.15) is 0 Å². The fourth-order valence-corrected chi connectivity index (χ4v) is 2.89. The van der Waals surface area contributed by atoms with Crippen LogP contribution < -0.4 is 5.32 Å². The molecule has 21 heavy (non-hydrogen) atoms. The quantitative estimate of drug-likeness (QED) is 0.483. The summed E-state index contributed by atoms with van der Waals surface area (Å²) in [5.41, 5.74) is 0.967. The highest BCUT2D eigenvalue weighted by molar-refractivity contribution is 6.37. The van der Waals surface area contributed by atoms with Crippen LogP contribution in [-0.4, -0.2) is 11.0 Å². The summed E-state index contributed by atoms with van der Waals surface area (Å²) in [6.07, 6.45) is 6.49. The molecule has 3 nitrogen and oxygen atoms in total. The Bertz CT molecular complexity index is 490. The smallest absolute Gasteiger partial charge is 0.224 e. The number of benzene rings is 1. The summed E-state index contributed by atoms with van der Waals surface area (Å²) in [5, 5.41) is 13.4. The minimum Gasteiger partial charge on any atom is -0.504 e. The monoisotopic (exact) mass is 331 g/mol. The number of anilines is 1. The van der Waals surface area contributed by atoms with Gasteiger partial charge in [-0.1, -0.05) is 62.7 Å². The zero-order valence-electron chi connectivity index (χ0n) is 12.6. The summed E-state index contributed by atoms with van der Waals surface area (Å²) in [4.78, 5) is 11.9. The third-order valence-electron chi connectivity index (χ3n) is 3.42. The van der Waals surface area contributed by atoms with E-state index >= 15 is 0 Å². The number of hydrogen-bond donors (Lipinski definition) is 2. The van der Waals surface area contributed by atoms with Gasteiger partial charge in [0.2, 0.25) is 5.91 Å². The molecule has 1 aromatic carbocycles. The first-order valence-electron chi connectivity index (χ1n) is 7.50. The summed E-state index contributed by atoms with van der Waals surface area (Å²) >= 11 is 12.2. The van der Waals surface area contributed by atoms with Crippen molar-refractivity contribution in [2.24, 2.45) is 0 Å². The van der Waals surface area contributed by atoms with E-state index in [1.54, 1.807) is 6.07 Å². The first kappa shape index (κ1) is 18.1. The zero-order valence-corrected chi connectivity index (χ0v) is 14.2. The summed E-state index contributed by atoms with van der Waals surface area (Å²) in [7, 11) is 0. The van der Waals surface area contributed by atoms with E-state index in [-0.39, 0.29) is 22.4 Å². The van der Waals surface area contributed by atoms with Crippen molar-refractivity contribution in [2.45, 2.75) is 58.8 Å². The molecule has 1 amide bonds. The lowest BCUT2D eigenvalue weighted by molar-refractivity contribution is -0.116. The van der Waals surface area contributed by atoms with E-state index in [0.717, 1.165) is 19.3 Å². The molecule has 0 aliphatic heterocycles. The van der Waals surface area contributed by atoms with Gasteiger partial charge in [-0.25, -0.2) is 0 Å². The number of amides is 1. The summed E-state index contributed by atoms with van der Waals surface area (Å²) in [6, 6.07) is 1.55. The second-order valence-corrected chi connectivity index (χ2v) is 5.90. The van der Waals surface area contributed by atoms with Gasteiger partial charge in [-0.3, -0.25) is 4.79 Å². The second kappa shape index (κ2) is 9.16. The van der Waals surface area contributed by atoms with Crippen molar-refractivity contribution in [1.82, 2.24) is 0 Å². The lowest BCUT2D eigenvalue weighted by Gasteiger charge is -2.12. The fourth-order valence-electron chi connectivity index (χ4n) is 2.17. The average molecular weight is 332 g/mol. The zero-order chi connectivity index (χ0) is 15.8. The first-order valence-corrected chi connectivity index (χ1v) is 8.26. The summed E-state index contributed by atoms with van der Waals surface area (Å²) in [5.74, 6) is -0.240. The molecule has 0 saturated heterocycles. The van der Waals surface area contributed by atoms with E-state index in [2.05, 4.69) is 12.2 Å². The molecule has 5 heteroatoms. The lowest BCUT2D eigenvalue weighted by Crippen LogP contribution is -2.11. The van der Waals surface area contributed by atoms with Crippen molar-refractivity contribution in [3.8, 4) is 5.75 Å². The number of aromatic hydroxyl groups is 1. The molecule has 0 saturated carbocycles. The Morgan fingerprint density at radius 2 is 1.86 bits per heavy atom. The predicted octanol–water partition coefficient (Wildman–Crippen LogP) is 5.56. The van der Waals surface area contributed by atoms with Crippen LogP contribution in [0, 0.1) is 0 Å². The van der Waals surface area contributed by atoms with Gasteiger partial charge in [0.15, 0.2) is 5.75 Å². The van der Waals surface area contributed by atoms with Crippen LogP contribution in [0.3, 0.4) is 0 Å². The van der Waals surface area contributed by atoms with Crippen LogP contribution in [0.5, 0.6) is 5.75 Å². The summed E-state index contributed by atoms with van der Waals surface area (Å²) in [6.45, 7) is 4.06. The van der Waals surface area contributed by atoms with Crippen molar-refractivity contribution < 1.29 is 9.90 Å². The first-order chi connectivity index (χ1) is 10.0. The number of rotatable bonds is 8. The molecule has 0 bridgehead atoms. The molecule has 0 atom stereocenters. The van der Waals surface area contributed by atoms with E-state index in [1.165, 1.54) is 12.8 Å². The SMILES string of the molecule is CCCCCCCC(=O)Nc1cc(Cl)c(CC)c(Cl)c1O. The van der Waals surface area contributed by atoms with Gasteiger partial charge in [0.05, 0.1) is 10.7 Å². The second-order valence-electron chi connectivity index (χ2n) is 5.11. The number of nitrogens with one attached hydrogen (secondary N) is 1. The molecular formula is C16H23Cl2NO2. The average Bonchev–Trinajstić information content (AvgIpc) is 2.45. The molecule has 1 rings (SSSR count). The van der Waals surface area contributed by atoms with Gasteiger partial charge >= 0.3 is 0 Å².